The van der Waals surface area contributed by atoms with Crippen molar-refractivity contribution in [1.82, 2.24) is 5.32 Å². The van der Waals surface area contributed by atoms with Gasteiger partial charge in [0.05, 0.1) is 6.61 Å². The first-order valence-electron chi connectivity index (χ1n) is 9.70. The predicted octanol–water partition coefficient (Wildman–Crippen LogP) is 5.09. The van der Waals surface area contributed by atoms with E-state index in [1.54, 1.807) is 0 Å². The van der Waals surface area contributed by atoms with Crippen LogP contribution in [-0.4, -0.2) is 18.3 Å². The van der Waals surface area contributed by atoms with Gasteiger partial charge in [0.2, 0.25) is 0 Å². The predicted molar refractivity (Wildman–Crippen MR) is 99.0 cm³/mol. The van der Waals surface area contributed by atoms with Crippen LogP contribution >= 0.6 is 0 Å². The fraction of sp³-hybridized carbons (Fsp3) is 0.714. The lowest BCUT2D eigenvalue weighted by molar-refractivity contribution is -0.00314. The highest BCUT2D eigenvalue weighted by molar-refractivity contribution is 5.59. The molecule has 0 saturated heterocycles. The highest BCUT2D eigenvalue weighted by Crippen LogP contribution is 2.57. The smallest absolute Gasteiger partial charge is 0.127 e. The molecule has 3 rings (SSSR count). The van der Waals surface area contributed by atoms with Crippen molar-refractivity contribution in [3.63, 3.8) is 0 Å². The van der Waals surface area contributed by atoms with Gasteiger partial charge in [-0.1, -0.05) is 32.6 Å². The Hall–Kier alpha value is -1.22. The molecule has 1 unspecified atom stereocenters. The molecule has 0 amide bonds. The normalized spacial score (nSPS) is 21.2. The molecular weight excluding hydrogens is 298 g/mol. The third-order valence-electron chi connectivity index (χ3n) is 6.40. The molecule has 0 bridgehead atoms. The van der Waals surface area contributed by atoms with E-state index in [1.165, 1.54) is 50.5 Å². The van der Waals surface area contributed by atoms with Crippen LogP contribution in [0.3, 0.4) is 0 Å². The fourth-order valence-electron chi connectivity index (χ4n) is 4.45. The summed E-state index contributed by atoms with van der Waals surface area (Å²) in [5.41, 5.74) is 4.51. The van der Waals surface area contributed by atoms with E-state index in [-0.39, 0.29) is 5.41 Å². The third-order valence-corrected chi connectivity index (χ3v) is 6.40. The van der Waals surface area contributed by atoms with E-state index < -0.39 is 0 Å². The third kappa shape index (κ3) is 2.81. The molecule has 1 aliphatic heterocycles. The molecule has 2 N–H and O–H groups in total. The summed E-state index contributed by atoms with van der Waals surface area (Å²) in [7, 11) is 0. The Kier molecular flexibility index (Phi) is 5.10. The molecule has 1 atom stereocenters. The molecular formula is C21H33NO2. The van der Waals surface area contributed by atoms with Gasteiger partial charge in [-0.3, -0.25) is 0 Å². The standard InChI is InChI=1S/C21H33NO2/c1-5-6-7-8-12-22-20-17-16(4)18(23)14(2)15(3)19(17)24-13-21(20)10-9-11-21/h20,22-23H,5-13H2,1-4H3. The van der Waals surface area contributed by atoms with Crippen LogP contribution in [0.2, 0.25) is 0 Å². The zero-order valence-electron chi connectivity index (χ0n) is 15.8. The molecule has 134 valence electrons. The summed E-state index contributed by atoms with van der Waals surface area (Å²) >= 11 is 0. The number of phenolic OH excluding ortho intramolecular Hbond substituents is 1. The Morgan fingerprint density at radius 3 is 2.46 bits per heavy atom. The van der Waals surface area contributed by atoms with Crippen molar-refractivity contribution in [1.29, 1.82) is 0 Å². The van der Waals surface area contributed by atoms with E-state index in [0.717, 1.165) is 35.6 Å². The largest absolute Gasteiger partial charge is 0.507 e. The second kappa shape index (κ2) is 6.95. The summed E-state index contributed by atoms with van der Waals surface area (Å²) in [6, 6.07) is 0.321. The van der Waals surface area contributed by atoms with Gasteiger partial charge in [-0.05, 0) is 63.3 Å². The van der Waals surface area contributed by atoms with Crippen LogP contribution < -0.4 is 10.1 Å². The first-order valence-corrected chi connectivity index (χ1v) is 9.70. The van der Waals surface area contributed by atoms with E-state index in [9.17, 15) is 5.11 Å². The SMILES string of the molecule is CCCCCCNC1c2c(C)c(O)c(C)c(C)c2OCC12CCC2. The van der Waals surface area contributed by atoms with Crippen molar-refractivity contribution in [2.75, 3.05) is 13.2 Å². The van der Waals surface area contributed by atoms with Crippen LogP contribution in [0.5, 0.6) is 11.5 Å². The van der Waals surface area contributed by atoms with E-state index in [4.69, 9.17) is 4.74 Å². The fourth-order valence-corrected chi connectivity index (χ4v) is 4.45. The van der Waals surface area contributed by atoms with Gasteiger partial charge < -0.3 is 15.2 Å². The van der Waals surface area contributed by atoms with Crippen LogP contribution in [0, 0.1) is 26.2 Å². The van der Waals surface area contributed by atoms with Gasteiger partial charge in [0, 0.05) is 17.0 Å². The quantitative estimate of drug-likeness (QED) is 0.713. The van der Waals surface area contributed by atoms with Crippen molar-refractivity contribution >= 4 is 0 Å². The highest BCUT2D eigenvalue weighted by Gasteiger charge is 2.50. The summed E-state index contributed by atoms with van der Waals surface area (Å²) < 4.78 is 6.25. The van der Waals surface area contributed by atoms with Gasteiger partial charge in [-0.25, -0.2) is 0 Å². The van der Waals surface area contributed by atoms with Crippen molar-refractivity contribution < 1.29 is 9.84 Å². The maximum atomic E-state index is 10.6. The first-order chi connectivity index (χ1) is 11.5. The lowest BCUT2D eigenvalue weighted by Crippen LogP contribution is -2.50. The van der Waals surface area contributed by atoms with Crippen molar-refractivity contribution in [2.24, 2.45) is 5.41 Å². The molecule has 3 nitrogen and oxygen atoms in total. The zero-order chi connectivity index (χ0) is 17.3. The number of phenols is 1. The Labute approximate surface area is 146 Å². The van der Waals surface area contributed by atoms with E-state index in [2.05, 4.69) is 19.2 Å². The van der Waals surface area contributed by atoms with Gasteiger partial charge in [0.1, 0.15) is 11.5 Å². The minimum absolute atomic E-state index is 0.233. The van der Waals surface area contributed by atoms with Gasteiger partial charge >= 0.3 is 0 Å². The number of unbranched alkanes of at least 4 members (excludes halogenated alkanes) is 3. The maximum absolute atomic E-state index is 10.6. The summed E-state index contributed by atoms with van der Waals surface area (Å²) in [5, 5.41) is 14.4. The number of benzene rings is 1. The highest BCUT2D eigenvalue weighted by atomic mass is 16.5. The first kappa shape index (κ1) is 17.6. The van der Waals surface area contributed by atoms with Gasteiger partial charge in [-0.2, -0.15) is 0 Å². The topological polar surface area (TPSA) is 41.5 Å². The van der Waals surface area contributed by atoms with Crippen LogP contribution in [-0.2, 0) is 0 Å². The molecule has 0 radical (unpaired) electrons. The minimum atomic E-state index is 0.233. The van der Waals surface area contributed by atoms with Crippen LogP contribution in [0.25, 0.3) is 0 Å². The van der Waals surface area contributed by atoms with Crippen molar-refractivity contribution in [3.05, 3.63) is 22.3 Å². The van der Waals surface area contributed by atoms with E-state index in [1.807, 2.05) is 13.8 Å². The average molecular weight is 332 g/mol. The van der Waals surface area contributed by atoms with Gasteiger partial charge in [0.25, 0.3) is 0 Å². The number of hydrogen-bond acceptors (Lipinski definition) is 3. The van der Waals surface area contributed by atoms with Gasteiger partial charge in [0.15, 0.2) is 0 Å². The Balaban J connectivity index is 1.90. The molecule has 1 heterocycles. The Bertz CT molecular complexity index is 605. The molecule has 24 heavy (non-hydrogen) atoms. The zero-order valence-corrected chi connectivity index (χ0v) is 15.8. The monoisotopic (exact) mass is 331 g/mol. The van der Waals surface area contributed by atoms with Crippen molar-refractivity contribution in [2.45, 2.75) is 78.7 Å². The Morgan fingerprint density at radius 2 is 1.83 bits per heavy atom. The maximum Gasteiger partial charge on any atom is 0.127 e. The number of ether oxygens (including phenoxy) is 1. The summed E-state index contributed by atoms with van der Waals surface area (Å²) in [6.07, 6.45) is 8.86. The van der Waals surface area contributed by atoms with E-state index >= 15 is 0 Å². The number of aromatic hydroxyl groups is 1. The summed E-state index contributed by atoms with van der Waals surface area (Å²) in [4.78, 5) is 0. The van der Waals surface area contributed by atoms with Gasteiger partial charge in [-0.15, -0.1) is 0 Å². The number of nitrogens with one attached hydrogen (secondary N) is 1. The van der Waals surface area contributed by atoms with Crippen molar-refractivity contribution in [3.8, 4) is 11.5 Å². The Morgan fingerprint density at radius 1 is 1.08 bits per heavy atom. The van der Waals surface area contributed by atoms with Crippen LogP contribution in [0.15, 0.2) is 0 Å². The minimum Gasteiger partial charge on any atom is -0.507 e. The lowest BCUT2D eigenvalue weighted by atomic mass is 9.61. The summed E-state index contributed by atoms with van der Waals surface area (Å²) in [5.74, 6) is 1.47. The average Bonchev–Trinajstić information content (AvgIpc) is 2.55. The van der Waals surface area contributed by atoms with E-state index in [0.29, 0.717) is 11.8 Å². The molecule has 1 aromatic carbocycles. The number of fused-ring (bicyclic) bond motifs is 1. The number of hydrogen-bond donors (Lipinski definition) is 2. The van der Waals surface area contributed by atoms with Crippen LogP contribution in [0.1, 0.15) is 80.2 Å². The number of rotatable bonds is 6. The molecule has 1 spiro atoms. The molecule has 0 aromatic heterocycles. The summed E-state index contributed by atoms with van der Waals surface area (Å²) in [6.45, 7) is 10.2. The molecule has 3 heteroatoms. The second-order valence-corrected chi connectivity index (χ2v) is 7.92. The van der Waals surface area contributed by atoms with Crippen LogP contribution in [0.4, 0.5) is 0 Å². The second-order valence-electron chi connectivity index (χ2n) is 7.92. The lowest BCUT2D eigenvalue weighted by Gasteiger charge is -2.51. The molecule has 2 aliphatic rings. The molecule has 1 fully saturated rings. The molecule has 1 saturated carbocycles. The molecule has 1 aliphatic carbocycles. The molecule has 1 aromatic rings.